The maximum Gasteiger partial charge on any atom is 0.418 e. The van der Waals surface area contributed by atoms with E-state index >= 15 is 0 Å². The molecule has 1 rings (SSSR count). The summed E-state index contributed by atoms with van der Waals surface area (Å²) >= 11 is 0. The van der Waals surface area contributed by atoms with Gasteiger partial charge >= 0.3 is 6.09 Å². The Morgan fingerprint density at radius 2 is 1.88 bits per heavy atom. The van der Waals surface area contributed by atoms with Crippen LogP contribution in [0.15, 0.2) is 24.6 Å². The summed E-state index contributed by atoms with van der Waals surface area (Å²) in [4.78, 5) is 13.1. The second-order valence-corrected chi connectivity index (χ2v) is 5.08. The van der Waals surface area contributed by atoms with E-state index in [-0.39, 0.29) is 6.09 Å². The molecule has 1 heterocycles. The van der Waals surface area contributed by atoms with Crippen molar-refractivity contribution in [1.29, 1.82) is 0 Å². The van der Waals surface area contributed by atoms with E-state index in [1.807, 2.05) is 12.2 Å². The maximum atomic E-state index is 11.6. The Morgan fingerprint density at radius 1 is 1.31 bits per heavy atom. The zero-order valence-corrected chi connectivity index (χ0v) is 10.5. The standard InChI is InChI=1S/C12H21N2O2/c1-11-5-7-13(8-6-11)12(15)16-10-9-14(2,3)4/h5-8,11H,9-10H2,1-4H3/q+1. The fraction of sp³-hybridized carbons (Fsp3) is 0.583. The van der Waals surface area contributed by atoms with Gasteiger partial charge in [0.25, 0.3) is 0 Å². The van der Waals surface area contributed by atoms with Crippen molar-refractivity contribution in [2.75, 3.05) is 34.3 Å². The molecule has 0 N–H and O–H groups in total. The zero-order valence-electron chi connectivity index (χ0n) is 10.5. The van der Waals surface area contributed by atoms with Crippen molar-refractivity contribution in [1.82, 2.24) is 4.90 Å². The lowest BCUT2D eigenvalue weighted by Crippen LogP contribution is -2.38. The SMILES string of the molecule is CC1C=CN(C(=O)OCC[N+](C)(C)C)C=C1. The summed E-state index contributed by atoms with van der Waals surface area (Å²) in [6.45, 7) is 3.31. The minimum absolute atomic E-state index is 0.312. The first-order valence-corrected chi connectivity index (χ1v) is 5.51. The Bertz CT molecular complexity index is 289. The monoisotopic (exact) mass is 225 g/mol. The molecule has 0 unspecified atom stereocenters. The molecular weight excluding hydrogens is 204 g/mol. The van der Waals surface area contributed by atoms with E-state index in [1.54, 1.807) is 12.4 Å². The Balaban J connectivity index is 2.31. The van der Waals surface area contributed by atoms with Gasteiger partial charge < -0.3 is 9.22 Å². The van der Waals surface area contributed by atoms with E-state index in [9.17, 15) is 4.79 Å². The lowest BCUT2D eigenvalue weighted by molar-refractivity contribution is -0.870. The third-order valence-corrected chi connectivity index (χ3v) is 2.30. The molecule has 1 aliphatic heterocycles. The Kier molecular flexibility index (Phi) is 4.12. The van der Waals surface area contributed by atoms with Gasteiger partial charge in [-0.1, -0.05) is 19.1 Å². The number of carbonyl (C=O) groups is 1. The first kappa shape index (κ1) is 12.8. The van der Waals surface area contributed by atoms with Gasteiger partial charge in [0.15, 0.2) is 0 Å². The van der Waals surface area contributed by atoms with Crippen LogP contribution < -0.4 is 0 Å². The molecule has 1 aliphatic rings. The highest BCUT2D eigenvalue weighted by Gasteiger charge is 2.14. The number of amides is 1. The fourth-order valence-corrected chi connectivity index (χ4v) is 1.17. The van der Waals surface area contributed by atoms with E-state index in [0.29, 0.717) is 12.5 Å². The predicted octanol–water partition coefficient (Wildman–Crippen LogP) is 1.81. The van der Waals surface area contributed by atoms with Crippen molar-refractivity contribution >= 4 is 6.09 Å². The average molecular weight is 225 g/mol. The average Bonchev–Trinajstić information content (AvgIpc) is 2.16. The molecule has 0 aromatic rings. The van der Waals surface area contributed by atoms with Crippen molar-refractivity contribution in [3.63, 3.8) is 0 Å². The minimum Gasteiger partial charge on any atom is -0.443 e. The molecule has 0 bridgehead atoms. The molecule has 0 aromatic carbocycles. The van der Waals surface area contributed by atoms with Crippen LogP contribution in [-0.4, -0.2) is 49.8 Å². The minimum atomic E-state index is -0.312. The van der Waals surface area contributed by atoms with Gasteiger partial charge in [0, 0.05) is 12.4 Å². The Labute approximate surface area is 97.4 Å². The predicted molar refractivity (Wildman–Crippen MR) is 63.5 cm³/mol. The molecule has 0 aliphatic carbocycles. The molecule has 0 fully saturated rings. The van der Waals surface area contributed by atoms with Crippen molar-refractivity contribution in [3.8, 4) is 0 Å². The van der Waals surface area contributed by atoms with Gasteiger partial charge in [-0.3, -0.25) is 4.90 Å². The van der Waals surface area contributed by atoms with E-state index in [4.69, 9.17) is 4.74 Å². The number of hydrogen-bond acceptors (Lipinski definition) is 2. The summed E-state index contributed by atoms with van der Waals surface area (Å²) in [6, 6.07) is 0. The summed E-state index contributed by atoms with van der Waals surface area (Å²) in [7, 11) is 6.20. The molecule has 0 spiro atoms. The van der Waals surface area contributed by atoms with E-state index in [2.05, 4.69) is 28.1 Å². The summed E-state index contributed by atoms with van der Waals surface area (Å²) in [5.41, 5.74) is 0. The molecule has 0 saturated heterocycles. The largest absolute Gasteiger partial charge is 0.443 e. The third-order valence-electron chi connectivity index (χ3n) is 2.30. The number of hydrogen-bond donors (Lipinski definition) is 0. The van der Waals surface area contributed by atoms with Gasteiger partial charge in [0.2, 0.25) is 0 Å². The molecule has 1 amide bonds. The zero-order chi connectivity index (χ0) is 12.2. The smallest absolute Gasteiger partial charge is 0.418 e. The first-order valence-electron chi connectivity index (χ1n) is 5.51. The van der Waals surface area contributed by atoms with Crippen LogP contribution >= 0.6 is 0 Å². The molecule has 16 heavy (non-hydrogen) atoms. The van der Waals surface area contributed by atoms with Crippen LogP contribution in [-0.2, 0) is 4.74 Å². The molecular formula is C12H21N2O2+. The molecule has 4 nitrogen and oxygen atoms in total. The number of likely N-dealkylation sites (N-methyl/N-ethyl adjacent to an activating group) is 1. The number of allylic oxidation sites excluding steroid dienone is 2. The summed E-state index contributed by atoms with van der Waals surface area (Å²) < 4.78 is 5.95. The number of carbonyl (C=O) groups excluding carboxylic acids is 1. The summed E-state index contributed by atoms with van der Waals surface area (Å²) in [6.07, 6.45) is 7.10. The van der Waals surface area contributed by atoms with Gasteiger partial charge in [0.1, 0.15) is 13.2 Å². The number of ether oxygens (including phenoxy) is 1. The molecule has 90 valence electrons. The van der Waals surface area contributed by atoms with Gasteiger partial charge in [0.05, 0.1) is 21.1 Å². The summed E-state index contributed by atoms with van der Waals surface area (Å²) in [5.74, 6) is 0.385. The van der Waals surface area contributed by atoms with Crippen LogP contribution in [0.5, 0.6) is 0 Å². The second kappa shape index (κ2) is 5.16. The third kappa shape index (κ3) is 4.49. The van der Waals surface area contributed by atoms with Crippen LogP contribution in [0, 0.1) is 5.92 Å². The van der Waals surface area contributed by atoms with Crippen LogP contribution in [0.4, 0.5) is 4.79 Å². The number of rotatable bonds is 3. The first-order chi connectivity index (χ1) is 7.38. The molecule has 0 radical (unpaired) electrons. The van der Waals surface area contributed by atoms with Crippen molar-refractivity contribution in [3.05, 3.63) is 24.6 Å². The van der Waals surface area contributed by atoms with Crippen molar-refractivity contribution in [2.24, 2.45) is 5.92 Å². The van der Waals surface area contributed by atoms with Crippen LogP contribution in [0.2, 0.25) is 0 Å². The highest BCUT2D eigenvalue weighted by molar-refractivity contribution is 5.70. The van der Waals surface area contributed by atoms with E-state index in [0.717, 1.165) is 11.0 Å². The summed E-state index contributed by atoms with van der Waals surface area (Å²) in [5, 5.41) is 0. The molecule has 0 saturated carbocycles. The van der Waals surface area contributed by atoms with E-state index in [1.165, 1.54) is 4.90 Å². The van der Waals surface area contributed by atoms with Gasteiger partial charge in [-0.2, -0.15) is 0 Å². The van der Waals surface area contributed by atoms with Crippen LogP contribution in [0.1, 0.15) is 6.92 Å². The van der Waals surface area contributed by atoms with Crippen LogP contribution in [0.25, 0.3) is 0 Å². The Hall–Kier alpha value is -1.29. The topological polar surface area (TPSA) is 29.5 Å². The molecule has 0 atom stereocenters. The maximum absolute atomic E-state index is 11.6. The van der Waals surface area contributed by atoms with Gasteiger partial charge in [-0.05, 0) is 5.92 Å². The number of nitrogens with zero attached hydrogens (tertiary/aromatic N) is 2. The van der Waals surface area contributed by atoms with Gasteiger partial charge in [-0.25, -0.2) is 4.79 Å². The Morgan fingerprint density at radius 3 is 2.38 bits per heavy atom. The van der Waals surface area contributed by atoms with Crippen molar-refractivity contribution in [2.45, 2.75) is 6.92 Å². The number of quaternary nitrogens is 1. The molecule has 4 heteroatoms. The highest BCUT2D eigenvalue weighted by Crippen LogP contribution is 2.10. The van der Waals surface area contributed by atoms with Crippen molar-refractivity contribution < 1.29 is 14.0 Å². The highest BCUT2D eigenvalue weighted by atomic mass is 16.6. The van der Waals surface area contributed by atoms with E-state index < -0.39 is 0 Å². The normalized spacial score (nSPS) is 16.6. The van der Waals surface area contributed by atoms with Gasteiger partial charge in [-0.15, -0.1) is 0 Å². The lowest BCUT2D eigenvalue weighted by Gasteiger charge is -2.24. The second-order valence-electron chi connectivity index (χ2n) is 5.08. The fourth-order valence-electron chi connectivity index (χ4n) is 1.17. The lowest BCUT2D eigenvalue weighted by atomic mass is 10.1. The molecule has 0 aromatic heterocycles. The quantitative estimate of drug-likeness (QED) is 0.686. The van der Waals surface area contributed by atoms with Crippen LogP contribution in [0.3, 0.4) is 0 Å².